The number of amides is 1. The Hall–Kier alpha value is -3.00. The number of carbonyl (C=O) groups excluding carboxylic acids is 3. The minimum Gasteiger partial charge on any atom is -0.481 e. The first-order valence-electron chi connectivity index (χ1n) is 20.3. The van der Waals surface area contributed by atoms with Gasteiger partial charge >= 0.3 is 11.9 Å². The molecule has 8 nitrogen and oxygen atoms in total. The van der Waals surface area contributed by atoms with Gasteiger partial charge in [-0.25, -0.2) is 0 Å². The lowest BCUT2D eigenvalue weighted by Gasteiger charge is -2.72. The molecule has 0 aromatic heterocycles. The van der Waals surface area contributed by atoms with Gasteiger partial charge in [-0.05, 0) is 123 Å². The van der Waals surface area contributed by atoms with Crippen molar-refractivity contribution in [2.45, 2.75) is 139 Å². The summed E-state index contributed by atoms with van der Waals surface area (Å²) in [5, 5.41) is 21.9. The highest BCUT2D eigenvalue weighted by Gasteiger charge is 2.71. The van der Waals surface area contributed by atoms with Crippen molar-refractivity contribution >= 4 is 23.6 Å². The van der Waals surface area contributed by atoms with Crippen molar-refractivity contribution in [2.24, 2.45) is 56.2 Å². The highest BCUT2D eigenvalue weighted by Crippen LogP contribution is 2.77. The van der Waals surface area contributed by atoms with E-state index in [4.69, 9.17) is 4.74 Å². The fourth-order valence-corrected chi connectivity index (χ4v) is 13.2. The Morgan fingerprint density at radius 2 is 1.57 bits per heavy atom. The third-order valence-corrected chi connectivity index (χ3v) is 16.3. The molecule has 0 radical (unpaired) electrons. The van der Waals surface area contributed by atoms with E-state index < -0.39 is 28.9 Å². The van der Waals surface area contributed by atoms with E-state index in [1.54, 1.807) is 37.9 Å². The molecule has 1 aromatic rings. The molecule has 5 aliphatic carbocycles. The number of fused-ring (bicyclic) bond motifs is 7. The quantitative estimate of drug-likeness (QED) is 0.244. The summed E-state index contributed by atoms with van der Waals surface area (Å²) in [7, 11) is 1.75. The molecule has 9 atom stereocenters. The number of aliphatic carboxylic acids is 1. The fourth-order valence-electron chi connectivity index (χ4n) is 13.2. The highest BCUT2D eigenvalue weighted by molar-refractivity contribution is 6.01. The summed E-state index contributed by atoms with van der Waals surface area (Å²) in [5.41, 5.74) is 0.556. The standard InChI is InChI=1S/C45H65NO7/c1-27(2)36-30(47)24-45(33(48)26-46(10)38(50)28-14-12-11-13-15-28)23-22-43(8)29(37(36)45)16-17-32-42(7)20-19-34(53-35(49)25-40(3,4)39(51)52)41(5,6)31(42)18-21-44(32,43)9/h11-15,27,29,31-34,48H,16-26H2,1-10H3,(H,51,52)/t29-,31+,32-,33+,34+,42+,43-,44-,45+/m1/s1. The minimum atomic E-state index is -1.18. The van der Waals surface area contributed by atoms with E-state index in [0.29, 0.717) is 23.8 Å². The smallest absolute Gasteiger partial charge is 0.309 e. The first-order chi connectivity index (χ1) is 24.6. The Balaban J connectivity index is 1.28. The molecule has 1 amide bonds. The van der Waals surface area contributed by atoms with Crippen LogP contribution >= 0.6 is 0 Å². The van der Waals surface area contributed by atoms with Gasteiger partial charge in [-0.2, -0.15) is 0 Å². The van der Waals surface area contributed by atoms with Gasteiger partial charge in [-0.1, -0.05) is 72.2 Å². The van der Waals surface area contributed by atoms with Crippen LogP contribution in [-0.4, -0.2) is 64.5 Å². The normalized spacial score (nSPS) is 36.9. The molecule has 0 aliphatic heterocycles. The second kappa shape index (κ2) is 13.3. The van der Waals surface area contributed by atoms with Gasteiger partial charge in [0.15, 0.2) is 5.78 Å². The zero-order valence-electron chi connectivity index (χ0n) is 34.0. The molecule has 4 fully saturated rings. The van der Waals surface area contributed by atoms with Crippen LogP contribution in [0.1, 0.15) is 137 Å². The average molecular weight is 732 g/mol. The number of esters is 1. The molecular weight excluding hydrogens is 666 g/mol. The lowest BCUT2D eigenvalue weighted by atomic mass is 9.33. The van der Waals surface area contributed by atoms with Gasteiger partial charge in [0.2, 0.25) is 0 Å². The van der Waals surface area contributed by atoms with Crippen LogP contribution in [0.3, 0.4) is 0 Å². The Kier molecular flexibility index (Phi) is 9.99. The van der Waals surface area contributed by atoms with E-state index in [-0.39, 0.29) is 64.3 Å². The number of Topliss-reactive ketones (excluding diaryl/α,β-unsaturated/α-hetero) is 1. The van der Waals surface area contributed by atoms with Crippen LogP contribution < -0.4 is 0 Å². The molecule has 0 bridgehead atoms. The second-order valence-electron chi connectivity index (χ2n) is 20.1. The van der Waals surface area contributed by atoms with Gasteiger partial charge in [0.25, 0.3) is 5.91 Å². The molecule has 292 valence electrons. The molecule has 2 N–H and O–H groups in total. The van der Waals surface area contributed by atoms with E-state index in [0.717, 1.165) is 56.9 Å². The predicted octanol–water partition coefficient (Wildman–Crippen LogP) is 8.51. The molecule has 53 heavy (non-hydrogen) atoms. The van der Waals surface area contributed by atoms with E-state index in [1.165, 1.54) is 5.57 Å². The number of hydrogen-bond acceptors (Lipinski definition) is 6. The zero-order valence-corrected chi connectivity index (χ0v) is 34.0. The topological polar surface area (TPSA) is 121 Å². The minimum absolute atomic E-state index is 0.00414. The number of allylic oxidation sites excluding steroid dienone is 1. The van der Waals surface area contributed by atoms with Crippen molar-refractivity contribution in [2.75, 3.05) is 13.6 Å². The van der Waals surface area contributed by atoms with E-state index in [2.05, 4.69) is 48.5 Å². The van der Waals surface area contributed by atoms with Crippen LogP contribution in [0.5, 0.6) is 0 Å². The van der Waals surface area contributed by atoms with Gasteiger partial charge in [0.1, 0.15) is 6.10 Å². The molecule has 4 saturated carbocycles. The van der Waals surface area contributed by atoms with Gasteiger partial charge < -0.3 is 19.8 Å². The van der Waals surface area contributed by atoms with Crippen molar-refractivity contribution < 1.29 is 34.1 Å². The maximum atomic E-state index is 14.1. The van der Waals surface area contributed by atoms with E-state index in [1.807, 2.05) is 18.2 Å². The monoisotopic (exact) mass is 731 g/mol. The van der Waals surface area contributed by atoms with Crippen molar-refractivity contribution in [3.8, 4) is 0 Å². The molecular formula is C45H65NO7. The van der Waals surface area contributed by atoms with E-state index in [9.17, 15) is 29.4 Å². The van der Waals surface area contributed by atoms with Crippen molar-refractivity contribution in [1.82, 2.24) is 4.90 Å². The van der Waals surface area contributed by atoms with Crippen LogP contribution in [0.2, 0.25) is 0 Å². The summed E-state index contributed by atoms with van der Waals surface area (Å²) in [4.78, 5) is 54.0. The number of hydrogen-bond donors (Lipinski definition) is 2. The average Bonchev–Trinajstić information content (AvgIpc) is 3.39. The molecule has 6 rings (SSSR count). The molecule has 0 spiro atoms. The lowest BCUT2D eigenvalue weighted by Crippen LogP contribution is -2.66. The number of aliphatic hydroxyl groups is 1. The van der Waals surface area contributed by atoms with Crippen LogP contribution in [0.15, 0.2) is 41.5 Å². The van der Waals surface area contributed by atoms with Crippen LogP contribution in [-0.2, 0) is 19.1 Å². The molecule has 0 saturated heterocycles. The number of nitrogens with zero attached hydrogens (tertiary/aromatic N) is 1. The van der Waals surface area contributed by atoms with Gasteiger partial charge in [0.05, 0.1) is 17.9 Å². The number of rotatable bonds is 9. The second-order valence-corrected chi connectivity index (χ2v) is 20.1. The summed E-state index contributed by atoms with van der Waals surface area (Å²) in [5.74, 6) is -0.382. The molecule has 8 heteroatoms. The highest BCUT2D eigenvalue weighted by atomic mass is 16.5. The summed E-state index contributed by atoms with van der Waals surface area (Å²) in [6.45, 7) is 19.6. The summed E-state index contributed by atoms with van der Waals surface area (Å²) in [6.07, 6.45) is 6.48. The predicted molar refractivity (Wildman–Crippen MR) is 205 cm³/mol. The summed E-state index contributed by atoms with van der Waals surface area (Å²) < 4.78 is 6.16. The largest absolute Gasteiger partial charge is 0.481 e. The Labute approximate surface area is 317 Å². The third-order valence-electron chi connectivity index (χ3n) is 16.3. The number of carboxylic acids is 1. The van der Waals surface area contributed by atoms with Crippen LogP contribution in [0.25, 0.3) is 0 Å². The van der Waals surface area contributed by atoms with Gasteiger partial charge in [-0.3, -0.25) is 19.2 Å². The Bertz CT molecular complexity index is 1680. The first-order valence-corrected chi connectivity index (χ1v) is 20.3. The lowest BCUT2D eigenvalue weighted by molar-refractivity contribution is -0.235. The Morgan fingerprint density at radius 3 is 2.19 bits per heavy atom. The fraction of sp³-hybridized carbons (Fsp3) is 0.733. The van der Waals surface area contributed by atoms with Crippen molar-refractivity contribution in [3.63, 3.8) is 0 Å². The van der Waals surface area contributed by atoms with Crippen LogP contribution in [0, 0.1) is 56.2 Å². The number of likely N-dealkylation sites (N-methyl/N-ethyl adjacent to an activating group) is 1. The first kappa shape index (κ1) is 39.7. The van der Waals surface area contributed by atoms with Crippen molar-refractivity contribution in [3.05, 3.63) is 47.0 Å². The molecule has 0 heterocycles. The van der Waals surface area contributed by atoms with Crippen LogP contribution in [0.4, 0.5) is 0 Å². The number of benzene rings is 1. The zero-order chi connectivity index (χ0) is 39.1. The molecule has 1 aromatic carbocycles. The Morgan fingerprint density at radius 1 is 0.906 bits per heavy atom. The number of carbonyl (C=O) groups is 4. The van der Waals surface area contributed by atoms with Crippen molar-refractivity contribution in [1.29, 1.82) is 0 Å². The maximum absolute atomic E-state index is 14.1. The van der Waals surface area contributed by atoms with E-state index >= 15 is 0 Å². The number of ketones is 1. The van der Waals surface area contributed by atoms with Gasteiger partial charge in [-0.15, -0.1) is 0 Å². The third kappa shape index (κ3) is 6.03. The van der Waals surface area contributed by atoms with Gasteiger partial charge in [0, 0.05) is 36.4 Å². The molecule has 0 unspecified atom stereocenters. The number of carboxylic acid groups (broad SMARTS) is 1. The maximum Gasteiger partial charge on any atom is 0.309 e. The molecule has 5 aliphatic rings. The summed E-state index contributed by atoms with van der Waals surface area (Å²) >= 11 is 0. The number of ether oxygens (including phenoxy) is 1. The summed E-state index contributed by atoms with van der Waals surface area (Å²) in [6, 6.07) is 9.18. The number of aliphatic hydroxyl groups excluding tert-OH is 1. The SMILES string of the molecule is CC(C)C1=C2[C@H]3CC[C@@H]4[C@@]5(C)CC[C@H](OC(=O)CC(C)(C)C(=O)O)C(C)(C)[C@@H]5CC[C@@]4(C)[C@]3(C)CC[C@@]2([C@@H](O)CN(C)C(=O)c2ccccc2)CC1=O.